The Bertz CT molecular complexity index is 707. The van der Waals surface area contributed by atoms with Gasteiger partial charge in [0, 0.05) is 32.0 Å². The molecular weight excluding hydrogens is 475 g/mol. The average molecular weight is 510 g/mol. The summed E-state index contributed by atoms with van der Waals surface area (Å²) in [7, 11) is 0. The highest BCUT2D eigenvalue weighted by atomic mass is 127. The number of guanidine groups is 1. The topological polar surface area (TPSA) is 57.5 Å². The summed E-state index contributed by atoms with van der Waals surface area (Å²) < 4.78 is 1.96. The minimum atomic E-state index is 0. The van der Waals surface area contributed by atoms with Crippen molar-refractivity contribution in [2.45, 2.75) is 45.7 Å². The van der Waals surface area contributed by atoms with Gasteiger partial charge >= 0.3 is 0 Å². The van der Waals surface area contributed by atoms with Crippen molar-refractivity contribution >= 4 is 29.9 Å². The normalized spacial score (nSPS) is 15.7. The van der Waals surface area contributed by atoms with Crippen molar-refractivity contribution < 1.29 is 0 Å². The zero-order valence-corrected chi connectivity index (χ0v) is 20.0. The van der Waals surface area contributed by atoms with Crippen LogP contribution in [-0.2, 0) is 6.54 Å². The largest absolute Gasteiger partial charge is 0.357 e. The first-order chi connectivity index (χ1) is 13.8. The first-order valence-electron chi connectivity index (χ1n) is 10.6. The molecule has 0 spiro atoms. The number of rotatable bonds is 9. The lowest BCUT2D eigenvalue weighted by Gasteiger charge is -2.27. The molecule has 0 saturated carbocycles. The van der Waals surface area contributed by atoms with E-state index in [0.717, 1.165) is 38.6 Å². The molecule has 160 valence electrons. The van der Waals surface area contributed by atoms with Gasteiger partial charge in [-0.15, -0.1) is 24.0 Å². The van der Waals surface area contributed by atoms with E-state index in [-0.39, 0.29) is 24.0 Å². The van der Waals surface area contributed by atoms with Crippen LogP contribution >= 0.6 is 24.0 Å². The smallest absolute Gasteiger partial charge is 0.191 e. The SMILES string of the molecule is CCNC(=NCC(c1ccc(C)cc1)N1CCCC1)NCCCn1cccn1.I. The Labute approximate surface area is 192 Å². The van der Waals surface area contributed by atoms with Crippen LogP contribution in [0.4, 0.5) is 0 Å². The number of hydrogen-bond acceptors (Lipinski definition) is 3. The highest BCUT2D eigenvalue weighted by Crippen LogP contribution is 2.25. The number of halogens is 1. The van der Waals surface area contributed by atoms with Gasteiger partial charge in [0.1, 0.15) is 0 Å². The van der Waals surface area contributed by atoms with Gasteiger partial charge in [0.15, 0.2) is 5.96 Å². The fourth-order valence-electron chi connectivity index (χ4n) is 3.67. The van der Waals surface area contributed by atoms with E-state index in [0.29, 0.717) is 6.04 Å². The number of aromatic nitrogens is 2. The van der Waals surface area contributed by atoms with Crippen LogP contribution in [0.25, 0.3) is 0 Å². The third-order valence-electron chi connectivity index (χ3n) is 5.23. The first kappa shape index (κ1) is 23.7. The third-order valence-corrected chi connectivity index (χ3v) is 5.23. The van der Waals surface area contributed by atoms with Gasteiger partial charge in [-0.3, -0.25) is 14.6 Å². The van der Waals surface area contributed by atoms with Gasteiger partial charge in [0.2, 0.25) is 0 Å². The number of aliphatic imine (C=N–C) groups is 1. The number of nitrogens with one attached hydrogen (secondary N) is 2. The molecule has 29 heavy (non-hydrogen) atoms. The van der Waals surface area contributed by atoms with Gasteiger partial charge in [-0.1, -0.05) is 29.8 Å². The van der Waals surface area contributed by atoms with Crippen LogP contribution in [0.1, 0.15) is 43.4 Å². The second kappa shape index (κ2) is 12.8. The summed E-state index contributed by atoms with van der Waals surface area (Å²) in [6.45, 7) is 10.0. The Hall–Kier alpha value is -1.61. The fourth-order valence-corrected chi connectivity index (χ4v) is 3.67. The van der Waals surface area contributed by atoms with E-state index in [1.165, 1.54) is 37.1 Å². The second-order valence-corrected chi connectivity index (χ2v) is 7.44. The summed E-state index contributed by atoms with van der Waals surface area (Å²) in [4.78, 5) is 7.50. The number of benzene rings is 1. The lowest BCUT2D eigenvalue weighted by molar-refractivity contribution is 0.251. The van der Waals surface area contributed by atoms with E-state index in [2.05, 4.69) is 58.7 Å². The Balaban J connectivity index is 0.00000300. The zero-order chi connectivity index (χ0) is 19.6. The van der Waals surface area contributed by atoms with Crippen LogP contribution < -0.4 is 10.6 Å². The molecule has 1 aromatic carbocycles. The molecule has 7 heteroatoms. The molecule has 6 nitrogen and oxygen atoms in total. The van der Waals surface area contributed by atoms with Crippen molar-refractivity contribution in [3.05, 3.63) is 53.9 Å². The van der Waals surface area contributed by atoms with E-state index in [9.17, 15) is 0 Å². The van der Waals surface area contributed by atoms with Crippen molar-refractivity contribution in [1.29, 1.82) is 0 Å². The van der Waals surface area contributed by atoms with Crippen LogP contribution in [0.5, 0.6) is 0 Å². The molecule has 2 aromatic rings. The second-order valence-electron chi connectivity index (χ2n) is 7.44. The van der Waals surface area contributed by atoms with Crippen molar-refractivity contribution in [1.82, 2.24) is 25.3 Å². The Morgan fingerprint density at radius 3 is 2.59 bits per heavy atom. The summed E-state index contributed by atoms with van der Waals surface area (Å²) in [6.07, 6.45) is 7.42. The summed E-state index contributed by atoms with van der Waals surface area (Å²) in [5.74, 6) is 0.902. The summed E-state index contributed by atoms with van der Waals surface area (Å²) in [5, 5.41) is 11.1. The molecule has 2 N–H and O–H groups in total. The van der Waals surface area contributed by atoms with Gasteiger partial charge in [0.25, 0.3) is 0 Å². The van der Waals surface area contributed by atoms with E-state index in [4.69, 9.17) is 4.99 Å². The molecule has 0 bridgehead atoms. The Morgan fingerprint density at radius 1 is 1.17 bits per heavy atom. The van der Waals surface area contributed by atoms with Gasteiger partial charge in [-0.2, -0.15) is 5.10 Å². The Morgan fingerprint density at radius 2 is 1.93 bits per heavy atom. The monoisotopic (exact) mass is 510 g/mol. The lowest BCUT2D eigenvalue weighted by Crippen LogP contribution is -2.39. The van der Waals surface area contributed by atoms with Gasteiger partial charge in [-0.05, 0) is 57.8 Å². The molecule has 1 fully saturated rings. The molecule has 1 atom stereocenters. The summed E-state index contributed by atoms with van der Waals surface area (Å²) in [6, 6.07) is 11.3. The molecule has 1 aliphatic heterocycles. The molecule has 3 rings (SSSR count). The number of likely N-dealkylation sites (tertiary alicyclic amines) is 1. The Kier molecular flexibility index (Phi) is 10.5. The zero-order valence-electron chi connectivity index (χ0n) is 17.7. The van der Waals surface area contributed by atoms with Crippen molar-refractivity contribution in [3.8, 4) is 0 Å². The maximum atomic E-state index is 4.92. The predicted molar refractivity (Wildman–Crippen MR) is 131 cm³/mol. The number of nitrogens with zero attached hydrogens (tertiary/aromatic N) is 4. The minimum absolute atomic E-state index is 0. The molecule has 0 radical (unpaired) electrons. The molecule has 0 amide bonds. The minimum Gasteiger partial charge on any atom is -0.357 e. The predicted octanol–water partition coefficient (Wildman–Crippen LogP) is 3.59. The van der Waals surface area contributed by atoms with Crippen molar-refractivity contribution in [3.63, 3.8) is 0 Å². The van der Waals surface area contributed by atoms with Crippen LogP contribution in [0.15, 0.2) is 47.7 Å². The third kappa shape index (κ3) is 7.62. The molecule has 1 saturated heterocycles. The highest BCUT2D eigenvalue weighted by Gasteiger charge is 2.23. The first-order valence-corrected chi connectivity index (χ1v) is 10.6. The van der Waals surface area contributed by atoms with E-state index in [1.807, 2.05) is 23.1 Å². The molecule has 2 heterocycles. The van der Waals surface area contributed by atoms with Gasteiger partial charge in [-0.25, -0.2) is 0 Å². The summed E-state index contributed by atoms with van der Waals surface area (Å²) >= 11 is 0. The van der Waals surface area contributed by atoms with E-state index in [1.54, 1.807) is 0 Å². The molecular formula is C22H35IN6. The van der Waals surface area contributed by atoms with Crippen LogP contribution in [0, 0.1) is 6.92 Å². The highest BCUT2D eigenvalue weighted by molar-refractivity contribution is 14.0. The van der Waals surface area contributed by atoms with Crippen LogP contribution in [0.3, 0.4) is 0 Å². The quantitative estimate of drug-likeness (QED) is 0.234. The fraction of sp³-hybridized carbons (Fsp3) is 0.545. The lowest BCUT2D eigenvalue weighted by atomic mass is 10.0. The van der Waals surface area contributed by atoms with Gasteiger partial charge < -0.3 is 10.6 Å². The van der Waals surface area contributed by atoms with Gasteiger partial charge in [0.05, 0.1) is 12.6 Å². The average Bonchev–Trinajstić information content (AvgIpc) is 3.41. The number of hydrogen-bond donors (Lipinski definition) is 2. The molecule has 1 aromatic heterocycles. The molecule has 1 aliphatic rings. The van der Waals surface area contributed by atoms with E-state index < -0.39 is 0 Å². The van der Waals surface area contributed by atoms with Crippen molar-refractivity contribution in [2.24, 2.45) is 4.99 Å². The molecule has 1 unspecified atom stereocenters. The number of aryl methyl sites for hydroxylation is 2. The summed E-state index contributed by atoms with van der Waals surface area (Å²) in [5.41, 5.74) is 2.67. The van der Waals surface area contributed by atoms with Crippen molar-refractivity contribution in [2.75, 3.05) is 32.7 Å². The maximum absolute atomic E-state index is 4.92. The molecule has 0 aliphatic carbocycles. The van der Waals surface area contributed by atoms with E-state index >= 15 is 0 Å². The van der Waals surface area contributed by atoms with Crippen LogP contribution in [0.2, 0.25) is 0 Å². The maximum Gasteiger partial charge on any atom is 0.191 e. The van der Waals surface area contributed by atoms with Crippen LogP contribution in [-0.4, -0.2) is 53.4 Å². The standard InChI is InChI=1S/C22H34N6.HI/c1-3-23-22(24-12-6-16-28-17-7-13-26-28)25-18-21(27-14-4-5-15-27)20-10-8-19(2)9-11-20;/h7-11,13,17,21H,3-6,12,14-16,18H2,1-2H3,(H2,23,24,25);1H.